The van der Waals surface area contributed by atoms with Gasteiger partial charge in [-0.05, 0) is 45.4 Å². The molecule has 1 aromatic carbocycles. The van der Waals surface area contributed by atoms with Crippen molar-refractivity contribution in [1.29, 1.82) is 0 Å². The Morgan fingerprint density at radius 2 is 1.76 bits per heavy atom. The van der Waals surface area contributed by atoms with Gasteiger partial charge >= 0.3 is 0 Å². The van der Waals surface area contributed by atoms with Crippen molar-refractivity contribution in [2.45, 2.75) is 52.7 Å². The molecular weight excluding hydrogens is 210 g/mol. The van der Waals surface area contributed by atoms with Gasteiger partial charge in [0.15, 0.2) is 0 Å². The van der Waals surface area contributed by atoms with E-state index < -0.39 is 0 Å². The van der Waals surface area contributed by atoms with Crippen LogP contribution in [0.1, 0.15) is 39.2 Å². The molecule has 1 atom stereocenters. The normalized spacial score (nSPS) is 12.8. The summed E-state index contributed by atoms with van der Waals surface area (Å²) >= 11 is 0. The van der Waals surface area contributed by atoms with E-state index in [4.69, 9.17) is 4.74 Å². The van der Waals surface area contributed by atoms with Crippen LogP contribution in [0.25, 0.3) is 0 Å². The Kier molecular flexibility index (Phi) is 6.06. The minimum atomic E-state index is 0.284. The Bertz CT molecular complexity index is 305. The number of nitrogens with one attached hydrogen (secondary N) is 1. The van der Waals surface area contributed by atoms with E-state index >= 15 is 0 Å². The smallest absolute Gasteiger partial charge is 0.119 e. The third kappa shape index (κ3) is 6.32. The van der Waals surface area contributed by atoms with Crippen LogP contribution in [0.5, 0.6) is 5.75 Å². The average Bonchev–Trinajstić information content (AvgIpc) is 2.27. The Morgan fingerprint density at radius 1 is 1.12 bits per heavy atom. The molecule has 2 nitrogen and oxygen atoms in total. The summed E-state index contributed by atoms with van der Waals surface area (Å²) < 4.78 is 5.85. The molecule has 17 heavy (non-hydrogen) atoms. The quantitative estimate of drug-likeness (QED) is 0.730. The van der Waals surface area contributed by atoms with Crippen molar-refractivity contribution < 1.29 is 4.74 Å². The second-order valence-electron chi connectivity index (χ2n) is 4.99. The summed E-state index contributed by atoms with van der Waals surface area (Å²) in [6.07, 6.45) is 2.53. The molecule has 0 aliphatic rings. The fourth-order valence-electron chi connectivity index (χ4n) is 1.69. The molecule has 1 aromatic rings. The zero-order chi connectivity index (χ0) is 12.7. The van der Waals surface area contributed by atoms with Crippen molar-refractivity contribution in [3.63, 3.8) is 0 Å². The van der Waals surface area contributed by atoms with E-state index in [2.05, 4.69) is 45.1 Å². The first-order chi connectivity index (χ1) is 8.08. The summed E-state index contributed by atoms with van der Waals surface area (Å²) in [7, 11) is 0. The van der Waals surface area contributed by atoms with Gasteiger partial charge in [0.1, 0.15) is 5.75 Å². The number of ether oxygens (including phenoxy) is 1. The van der Waals surface area contributed by atoms with E-state index in [-0.39, 0.29) is 6.10 Å². The summed E-state index contributed by atoms with van der Waals surface area (Å²) in [6, 6.07) is 8.82. The van der Waals surface area contributed by atoms with Crippen molar-refractivity contribution in [2.75, 3.05) is 6.54 Å². The lowest BCUT2D eigenvalue weighted by Crippen LogP contribution is -2.25. The molecule has 0 saturated heterocycles. The molecule has 0 aromatic heterocycles. The predicted molar refractivity (Wildman–Crippen MR) is 73.6 cm³/mol. The van der Waals surface area contributed by atoms with Gasteiger partial charge < -0.3 is 10.1 Å². The first-order valence-corrected chi connectivity index (χ1v) is 6.54. The van der Waals surface area contributed by atoms with Gasteiger partial charge in [-0.2, -0.15) is 0 Å². The number of hydrogen-bond donors (Lipinski definition) is 1. The van der Waals surface area contributed by atoms with E-state index in [0.717, 1.165) is 25.1 Å². The second kappa shape index (κ2) is 7.33. The largest absolute Gasteiger partial charge is 0.491 e. The standard InChI is InChI=1S/C15H25NO/c1-12(2)16-11-5-6-14(4)17-15-9-7-13(3)8-10-15/h7-10,12,14,16H,5-6,11H2,1-4H3. The summed E-state index contributed by atoms with van der Waals surface area (Å²) in [5.41, 5.74) is 1.27. The summed E-state index contributed by atoms with van der Waals surface area (Å²) in [6.45, 7) is 9.64. The zero-order valence-electron chi connectivity index (χ0n) is 11.5. The number of benzene rings is 1. The van der Waals surface area contributed by atoms with E-state index in [9.17, 15) is 0 Å². The lowest BCUT2D eigenvalue weighted by atomic mass is 10.2. The number of aryl methyl sites for hydroxylation is 1. The number of hydrogen-bond acceptors (Lipinski definition) is 2. The highest BCUT2D eigenvalue weighted by Gasteiger charge is 2.03. The number of rotatable bonds is 7. The minimum Gasteiger partial charge on any atom is -0.491 e. The third-order valence-corrected chi connectivity index (χ3v) is 2.70. The highest BCUT2D eigenvalue weighted by molar-refractivity contribution is 5.26. The molecule has 2 heteroatoms. The lowest BCUT2D eigenvalue weighted by Gasteiger charge is -2.15. The van der Waals surface area contributed by atoms with Gasteiger partial charge in [-0.15, -0.1) is 0 Å². The first-order valence-electron chi connectivity index (χ1n) is 6.54. The van der Waals surface area contributed by atoms with E-state index in [1.807, 2.05) is 12.1 Å². The molecule has 0 aliphatic carbocycles. The molecule has 1 rings (SSSR count). The Labute approximate surface area is 105 Å². The van der Waals surface area contributed by atoms with Gasteiger partial charge in [-0.3, -0.25) is 0 Å². The Hall–Kier alpha value is -1.02. The molecule has 0 radical (unpaired) electrons. The van der Waals surface area contributed by atoms with Gasteiger partial charge in [0.05, 0.1) is 6.10 Å². The van der Waals surface area contributed by atoms with Crippen LogP contribution >= 0.6 is 0 Å². The first kappa shape index (κ1) is 14.0. The van der Waals surface area contributed by atoms with Gasteiger partial charge in [0, 0.05) is 6.04 Å². The maximum atomic E-state index is 5.85. The van der Waals surface area contributed by atoms with Crippen molar-refractivity contribution >= 4 is 0 Å². The zero-order valence-corrected chi connectivity index (χ0v) is 11.5. The van der Waals surface area contributed by atoms with E-state index in [1.54, 1.807) is 0 Å². The van der Waals surface area contributed by atoms with Gasteiger partial charge in [0.25, 0.3) is 0 Å². The monoisotopic (exact) mass is 235 g/mol. The molecule has 0 bridgehead atoms. The second-order valence-corrected chi connectivity index (χ2v) is 4.99. The minimum absolute atomic E-state index is 0.284. The SMILES string of the molecule is Cc1ccc(OC(C)CCCNC(C)C)cc1. The molecule has 0 fully saturated rings. The van der Waals surface area contributed by atoms with Crippen LogP contribution in [0, 0.1) is 6.92 Å². The molecule has 0 spiro atoms. The van der Waals surface area contributed by atoms with Crippen LogP contribution < -0.4 is 10.1 Å². The average molecular weight is 235 g/mol. The fourth-order valence-corrected chi connectivity index (χ4v) is 1.69. The van der Waals surface area contributed by atoms with E-state index in [1.165, 1.54) is 5.56 Å². The maximum absolute atomic E-state index is 5.85. The van der Waals surface area contributed by atoms with Crippen LogP contribution in [0.3, 0.4) is 0 Å². The molecule has 0 amide bonds. The molecule has 0 aliphatic heterocycles. The van der Waals surface area contributed by atoms with Crippen LogP contribution in [0.2, 0.25) is 0 Å². The summed E-state index contributed by atoms with van der Waals surface area (Å²) in [5.74, 6) is 0.972. The maximum Gasteiger partial charge on any atom is 0.119 e. The topological polar surface area (TPSA) is 21.3 Å². The molecular formula is C15H25NO. The highest BCUT2D eigenvalue weighted by Crippen LogP contribution is 2.14. The molecule has 0 saturated carbocycles. The fraction of sp³-hybridized carbons (Fsp3) is 0.600. The van der Waals surface area contributed by atoms with Crippen LogP contribution in [0.15, 0.2) is 24.3 Å². The van der Waals surface area contributed by atoms with Crippen LogP contribution in [-0.4, -0.2) is 18.7 Å². The van der Waals surface area contributed by atoms with Crippen molar-refractivity contribution in [1.82, 2.24) is 5.32 Å². The van der Waals surface area contributed by atoms with Crippen molar-refractivity contribution in [2.24, 2.45) is 0 Å². The molecule has 96 valence electrons. The molecule has 0 heterocycles. The van der Waals surface area contributed by atoms with Crippen molar-refractivity contribution in [3.8, 4) is 5.75 Å². The van der Waals surface area contributed by atoms with Gasteiger partial charge in [-0.25, -0.2) is 0 Å². The van der Waals surface area contributed by atoms with Gasteiger partial charge in [0.2, 0.25) is 0 Å². The van der Waals surface area contributed by atoms with Crippen LogP contribution in [-0.2, 0) is 0 Å². The summed E-state index contributed by atoms with van der Waals surface area (Å²) in [4.78, 5) is 0. The third-order valence-electron chi connectivity index (χ3n) is 2.70. The molecule has 1 N–H and O–H groups in total. The lowest BCUT2D eigenvalue weighted by molar-refractivity contribution is 0.207. The summed E-state index contributed by atoms with van der Waals surface area (Å²) in [5, 5.41) is 3.42. The Balaban J connectivity index is 2.20. The van der Waals surface area contributed by atoms with E-state index in [0.29, 0.717) is 6.04 Å². The van der Waals surface area contributed by atoms with Gasteiger partial charge in [-0.1, -0.05) is 31.5 Å². The van der Waals surface area contributed by atoms with Crippen LogP contribution in [0.4, 0.5) is 0 Å². The Morgan fingerprint density at radius 3 is 2.35 bits per heavy atom. The molecule has 1 unspecified atom stereocenters. The predicted octanol–water partition coefficient (Wildman–Crippen LogP) is 3.54. The highest BCUT2D eigenvalue weighted by atomic mass is 16.5. The van der Waals surface area contributed by atoms with Crippen molar-refractivity contribution in [3.05, 3.63) is 29.8 Å².